The van der Waals surface area contributed by atoms with Crippen molar-refractivity contribution in [3.05, 3.63) is 59.2 Å². The first-order chi connectivity index (χ1) is 9.79. The Morgan fingerprint density at radius 3 is 2.00 bits per heavy atom. The van der Waals surface area contributed by atoms with E-state index in [0.29, 0.717) is 11.3 Å². The first kappa shape index (κ1) is 15.2. The number of carbonyl (C=O) groups is 1. The quantitative estimate of drug-likeness (QED) is 0.911. The Morgan fingerprint density at radius 1 is 1.00 bits per heavy atom. The Balaban J connectivity index is 2.24. The molecule has 0 fully saturated rings. The second kappa shape index (κ2) is 5.67. The zero-order valence-corrected chi connectivity index (χ0v) is 12.6. The minimum Gasteiger partial charge on any atom is -0.322 e. The van der Waals surface area contributed by atoms with Gasteiger partial charge >= 0.3 is 0 Å². The lowest BCUT2D eigenvalue weighted by Gasteiger charge is -2.10. The number of hydrogen-bond acceptors (Lipinski definition) is 3. The first-order valence-electron chi connectivity index (χ1n) is 6.29. The van der Waals surface area contributed by atoms with Crippen molar-refractivity contribution in [2.24, 2.45) is 5.14 Å². The predicted molar refractivity (Wildman–Crippen MR) is 81.7 cm³/mol. The lowest BCUT2D eigenvalue weighted by Crippen LogP contribution is -2.15. The Labute approximate surface area is 123 Å². The maximum Gasteiger partial charge on any atom is 0.256 e. The van der Waals surface area contributed by atoms with Crippen molar-refractivity contribution in [3.8, 4) is 0 Å². The summed E-state index contributed by atoms with van der Waals surface area (Å²) in [6.07, 6.45) is 0. The van der Waals surface area contributed by atoms with Crippen LogP contribution in [-0.4, -0.2) is 14.3 Å². The number of aryl methyl sites for hydroxylation is 2. The molecule has 6 heteroatoms. The van der Waals surface area contributed by atoms with E-state index in [1.165, 1.54) is 24.3 Å². The van der Waals surface area contributed by atoms with Crippen LogP contribution in [0.5, 0.6) is 0 Å². The van der Waals surface area contributed by atoms with Crippen LogP contribution >= 0.6 is 0 Å². The summed E-state index contributed by atoms with van der Waals surface area (Å²) in [6, 6.07) is 11.3. The van der Waals surface area contributed by atoms with E-state index in [1.807, 2.05) is 32.0 Å². The summed E-state index contributed by atoms with van der Waals surface area (Å²) >= 11 is 0. The molecule has 0 atom stereocenters. The van der Waals surface area contributed by atoms with Gasteiger partial charge in [0.25, 0.3) is 5.91 Å². The smallest absolute Gasteiger partial charge is 0.256 e. The van der Waals surface area contributed by atoms with Crippen LogP contribution in [0.3, 0.4) is 0 Å². The molecule has 1 amide bonds. The van der Waals surface area contributed by atoms with E-state index >= 15 is 0 Å². The average Bonchev–Trinajstić information content (AvgIpc) is 2.38. The summed E-state index contributed by atoms with van der Waals surface area (Å²) in [5.74, 6) is -0.228. The van der Waals surface area contributed by atoms with Crippen LogP contribution in [0.4, 0.5) is 5.69 Å². The molecule has 0 aliphatic carbocycles. The molecular weight excluding hydrogens is 288 g/mol. The summed E-state index contributed by atoms with van der Waals surface area (Å²) in [6.45, 7) is 3.73. The van der Waals surface area contributed by atoms with E-state index in [4.69, 9.17) is 5.14 Å². The first-order valence-corrected chi connectivity index (χ1v) is 7.84. The minimum absolute atomic E-state index is 0.00701. The van der Waals surface area contributed by atoms with Gasteiger partial charge in [-0.1, -0.05) is 18.2 Å². The van der Waals surface area contributed by atoms with Crippen LogP contribution in [0.1, 0.15) is 21.5 Å². The molecule has 0 spiro atoms. The van der Waals surface area contributed by atoms with Gasteiger partial charge in [0.2, 0.25) is 10.0 Å². The topological polar surface area (TPSA) is 89.3 Å². The molecule has 2 aromatic rings. The molecule has 0 aliphatic heterocycles. The van der Waals surface area contributed by atoms with Crippen molar-refractivity contribution >= 4 is 21.6 Å². The number of sulfonamides is 1. The Morgan fingerprint density at radius 2 is 1.52 bits per heavy atom. The molecule has 21 heavy (non-hydrogen) atoms. The highest BCUT2D eigenvalue weighted by Gasteiger charge is 2.13. The average molecular weight is 304 g/mol. The van der Waals surface area contributed by atoms with Gasteiger partial charge in [-0.25, -0.2) is 13.6 Å². The maximum absolute atomic E-state index is 12.3. The van der Waals surface area contributed by atoms with Crippen LogP contribution in [0.15, 0.2) is 47.4 Å². The van der Waals surface area contributed by atoms with Crippen molar-refractivity contribution in [1.82, 2.24) is 0 Å². The molecule has 3 N–H and O–H groups in total. The van der Waals surface area contributed by atoms with Gasteiger partial charge in [0.15, 0.2) is 0 Å². The highest BCUT2D eigenvalue weighted by atomic mass is 32.2. The van der Waals surface area contributed by atoms with Gasteiger partial charge < -0.3 is 5.32 Å². The molecule has 0 saturated carbocycles. The molecule has 110 valence electrons. The fourth-order valence-electron chi connectivity index (χ4n) is 2.09. The third-order valence-corrected chi connectivity index (χ3v) is 4.08. The van der Waals surface area contributed by atoms with Crippen molar-refractivity contribution in [3.63, 3.8) is 0 Å². The fraction of sp³-hybridized carbons (Fsp3) is 0.133. The Kier molecular flexibility index (Phi) is 4.11. The third-order valence-electron chi connectivity index (χ3n) is 3.15. The summed E-state index contributed by atoms with van der Waals surface area (Å²) < 4.78 is 22.3. The highest BCUT2D eigenvalue weighted by molar-refractivity contribution is 7.89. The molecule has 0 bridgehead atoms. The van der Waals surface area contributed by atoms with E-state index in [0.717, 1.165) is 11.1 Å². The molecule has 0 unspecified atom stereocenters. The Hall–Kier alpha value is -2.18. The van der Waals surface area contributed by atoms with E-state index in [1.54, 1.807) is 0 Å². The largest absolute Gasteiger partial charge is 0.322 e. The number of benzene rings is 2. The number of rotatable bonds is 3. The fourth-order valence-corrected chi connectivity index (χ4v) is 2.61. The summed E-state index contributed by atoms with van der Waals surface area (Å²) in [5, 5.41) is 7.77. The lowest BCUT2D eigenvalue weighted by molar-refractivity contribution is 0.102. The van der Waals surface area contributed by atoms with Gasteiger partial charge in [-0.2, -0.15) is 0 Å². The van der Waals surface area contributed by atoms with Gasteiger partial charge in [-0.3, -0.25) is 4.79 Å². The maximum atomic E-state index is 12.3. The van der Waals surface area contributed by atoms with E-state index in [9.17, 15) is 13.2 Å². The molecule has 0 aliphatic rings. The van der Waals surface area contributed by atoms with E-state index < -0.39 is 10.0 Å². The molecule has 0 radical (unpaired) electrons. The molecule has 2 rings (SSSR count). The molecule has 2 aromatic carbocycles. The zero-order chi connectivity index (χ0) is 15.6. The monoisotopic (exact) mass is 304 g/mol. The van der Waals surface area contributed by atoms with Crippen molar-refractivity contribution < 1.29 is 13.2 Å². The van der Waals surface area contributed by atoms with E-state index in [-0.39, 0.29) is 10.8 Å². The number of carbonyl (C=O) groups excluding carboxylic acids is 1. The molecular formula is C15H16N2O3S. The van der Waals surface area contributed by atoms with Crippen LogP contribution in [0.2, 0.25) is 0 Å². The Bertz CT molecular complexity index is 761. The number of nitrogens with one attached hydrogen (secondary N) is 1. The molecule has 0 aromatic heterocycles. The standard InChI is InChI=1S/C15H16N2O3S/c1-10-4-3-5-11(2)14(10)15(18)17-12-6-8-13(9-7-12)21(16,19)20/h3-9H,1-2H3,(H,17,18)(H2,16,19,20). The van der Waals surface area contributed by atoms with Gasteiger partial charge in [0.05, 0.1) is 4.90 Å². The van der Waals surface area contributed by atoms with Crippen molar-refractivity contribution in [1.29, 1.82) is 0 Å². The normalized spacial score (nSPS) is 11.2. The minimum atomic E-state index is -3.73. The van der Waals surface area contributed by atoms with Gasteiger partial charge in [-0.15, -0.1) is 0 Å². The third kappa shape index (κ3) is 3.48. The number of anilines is 1. The van der Waals surface area contributed by atoms with Crippen LogP contribution < -0.4 is 10.5 Å². The number of hydrogen-bond donors (Lipinski definition) is 2. The van der Waals surface area contributed by atoms with Gasteiger partial charge in [-0.05, 0) is 49.2 Å². The molecule has 5 nitrogen and oxygen atoms in total. The summed E-state index contributed by atoms with van der Waals surface area (Å²) in [5.41, 5.74) is 2.89. The molecule has 0 saturated heterocycles. The van der Waals surface area contributed by atoms with Crippen LogP contribution in [-0.2, 0) is 10.0 Å². The highest BCUT2D eigenvalue weighted by Crippen LogP contribution is 2.17. The zero-order valence-electron chi connectivity index (χ0n) is 11.8. The predicted octanol–water partition coefficient (Wildman–Crippen LogP) is 2.20. The molecule has 0 heterocycles. The summed E-state index contributed by atoms with van der Waals surface area (Å²) in [7, 11) is -3.73. The number of primary sulfonamides is 1. The second-order valence-electron chi connectivity index (χ2n) is 4.79. The van der Waals surface area contributed by atoms with Crippen LogP contribution in [0, 0.1) is 13.8 Å². The SMILES string of the molecule is Cc1cccc(C)c1C(=O)Nc1ccc(S(N)(=O)=O)cc1. The van der Waals surface area contributed by atoms with E-state index in [2.05, 4.69) is 5.32 Å². The second-order valence-corrected chi connectivity index (χ2v) is 6.35. The number of nitrogens with two attached hydrogens (primary N) is 1. The van der Waals surface area contributed by atoms with Gasteiger partial charge in [0.1, 0.15) is 0 Å². The van der Waals surface area contributed by atoms with Crippen molar-refractivity contribution in [2.75, 3.05) is 5.32 Å². The lowest BCUT2D eigenvalue weighted by atomic mass is 10.0. The van der Waals surface area contributed by atoms with Crippen LogP contribution in [0.25, 0.3) is 0 Å². The number of amides is 1. The van der Waals surface area contributed by atoms with Gasteiger partial charge in [0, 0.05) is 11.3 Å². The summed E-state index contributed by atoms with van der Waals surface area (Å²) in [4.78, 5) is 12.3. The van der Waals surface area contributed by atoms with Crippen molar-refractivity contribution in [2.45, 2.75) is 18.7 Å².